The highest BCUT2D eigenvalue weighted by molar-refractivity contribution is 8.15. The van der Waals surface area contributed by atoms with Gasteiger partial charge in [0.2, 0.25) is 0 Å². The number of hydrogen-bond donors (Lipinski definition) is 0. The molecule has 0 radical (unpaired) electrons. The zero-order valence-electron chi connectivity index (χ0n) is 10.8. The van der Waals surface area contributed by atoms with Gasteiger partial charge < -0.3 is 4.74 Å². The van der Waals surface area contributed by atoms with Gasteiger partial charge in [-0.1, -0.05) is 0 Å². The quantitative estimate of drug-likeness (QED) is 0.740. The second-order valence-corrected chi connectivity index (χ2v) is 8.70. The molecule has 0 saturated carbocycles. The molecule has 1 aromatic rings. The lowest BCUT2D eigenvalue weighted by Crippen LogP contribution is -2.23. The minimum atomic E-state index is 0.187. The first-order chi connectivity index (χ1) is 8.62. The highest BCUT2D eigenvalue weighted by atomic mass is 32.2. The van der Waals surface area contributed by atoms with Crippen molar-refractivity contribution < 1.29 is 4.74 Å². The Hall–Kier alpha value is -0.190. The van der Waals surface area contributed by atoms with Gasteiger partial charge in [0.1, 0.15) is 5.75 Å². The van der Waals surface area contributed by atoms with Crippen molar-refractivity contribution in [2.45, 2.75) is 23.5 Å². The van der Waals surface area contributed by atoms with E-state index >= 15 is 0 Å². The predicted octanol–water partition coefficient (Wildman–Crippen LogP) is 4.73. The third-order valence-electron chi connectivity index (χ3n) is 3.13. The van der Waals surface area contributed by atoms with Gasteiger partial charge in [-0.3, -0.25) is 0 Å². The number of ether oxygens (including phenoxy) is 1. The van der Waals surface area contributed by atoms with E-state index in [2.05, 4.69) is 32.0 Å². The van der Waals surface area contributed by atoms with E-state index in [1.807, 2.05) is 35.3 Å². The lowest BCUT2D eigenvalue weighted by atomic mass is 10.1. The van der Waals surface area contributed by atoms with Crippen molar-refractivity contribution in [2.75, 3.05) is 18.6 Å². The fourth-order valence-corrected chi connectivity index (χ4v) is 6.66. The summed E-state index contributed by atoms with van der Waals surface area (Å²) < 4.78 is 5.53. The van der Waals surface area contributed by atoms with Crippen LogP contribution in [-0.4, -0.2) is 23.4 Å². The largest absolute Gasteiger partial charge is 0.497 e. The molecule has 3 rings (SSSR count). The molecule has 4 heteroatoms. The van der Waals surface area contributed by atoms with Gasteiger partial charge in [0.15, 0.2) is 0 Å². The summed E-state index contributed by atoms with van der Waals surface area (Å²) in [6, 6.07) is 6.46. The van der Waals surface area contributed by atoms with Gasteiger partial charge in [0.25, 0.3) is 0 Å². The summed E-state index contributed by atoms with van der Waals surface area (Å²) in [6.45, 7) is 4.66. The monoisotopic (exact) mass is 296 g/mol. The Balaban J connectivity index is 2.16. The Morgan fingerprint density at radius 1 is 1.17 bits per heavy atom. The highest BCUT2D eigenvalue weighted by Crippen LogP contribution is 2.57. The summed E-state index contributed by atoms with van der Waals surface area (Å²) in [6.07, 6.45) is 0. The summed E-state index contributed by atoms with van der Waals surface area (Å²) in [5.41, 5.74) is 1.40. The van der Waals surface area contributed by atoms with E-state index in [1.54, 1.807) is 12.0 Å². The fraction of sp³-hybridized carbons (Fsp3) is 0.429. The Bertz CT molecular complexity index is 520. The van der Waals surface area contributed by atoms with E-state index < -0.39 is 0 Å². The minimum Gasteiger partial charge on any atom is -0.497 e. The molecule has 0 aliphatic carbocycles. The van der Waals surface area contributed by atoms with Crippen molar-refractivity contribution in [1.29, 1.82) is 0 Å². The van der Waals surface area contributed by atoms with Gasteiger partial charge in [-0.15, -0.1) is 35.3 Å². The van der Waals surface area contributed by atoms with Crippen LogP contribution in [0.3, 0.4) is 0 Å². The average Bonchev–Trinajstić information content (AvgIpc) is 2.38. The van der Waals surface area contributed by atoms with Gasteiger partial charge in [-0.25, -0.2) is 0 Å². The van der Waals surface area contributed by atoms with Gasteiger partial charge in [0, 0.05) is 36.5 Å². The van der Waals surface area contributed by atoms with Gasteiger partial charge in [-0.2, -0.15) is 0 Å². The van der Waals surface area contributed by atoms with Gasteiger partial charge >= 0.3 is 0 Å². The van der Waals surface area contributed by atoms with Crippen molar-refractivity contribution in [3.8, 4) is 5.75 Å². The lowest BCUT2D eigenvalue weighted by Gasteiger charge is -2.37. The molecule has 0 amide bonds. The Kier molecular flexibility index (Phi) is 3.37. The summed E-state index contributed by atoms with van der Waals surface area (Å²) in [4.78, 5) is 4.40. The maximum atomic E-state index is 5.34. The lowest BCUT2D eigenvalue weighted by molar-refractivity contribution is 0.413. The van der Waals surface area contributed by atoms with Crippen molar-refractivity contribution in [2.24, 2.45) is 0 Å². The number of rotatable bonds is 1. The molecule has 2 aliphatic heterocycles. The van der Waals surface area contributed by atoms with Crippen LogP contribution in [0.5, 0.6) is 5.75 Å². The van der Waals surface area contributed by atoms with E-state index in [0.29, 0.717) is 0 Å². The van der Waals surface area contributed by atoms with Crippen LogP contribution >= 0.6 is 35.3 Å². The van der Waals surface area contributed by atoms with E-state index in [1.165, 1.54) is 26.9 Å². The first kappa shape index (κ1) is 12.8. The fourth-order valence-electron chi connectivity index (χ4n) is 2.29. The maximum absolute atomic E-state index is 5.34. The first-order valence-corrected chi connectivity index (χ1v) is 8.78. The van der Waals surface area contributed by atoms with Crippen molar-refractivity contribution >= 4 is 40.2 Å². The molecule has 1 nitrogen and oxygen atoms in total. The van der Waals surface area contributed by atoms with Crippen molar-refractivity contribution in [3.63, 3.8) is 0 Å². The van der Waals surface area contributed by atoms with Crippen molar-refractivity contribution in [3.05, 3.63) is 28.7 Å². The third kappa shape index (κ3) is 2.08. The molecule has 0 atom stereocenters. The zero-order chi connectivity index (χ0) is 12.8. The van der Waals surface area contributed by atoms with Crippen LogP contribution in [0.1, 0.15) is 19.4 Å². The first-order valence-electron chi connectivity index (χ1n) is 5.99. The van der Waals surface area contributed by atoms with Crippen LogP contribution in [0.4, 0.5) is 0 Å². The molecule has 0 saturated heterocycles. The molecule has 0 N–H and O–H groups in total. The normalized spacial score (nSPS) is 21.3. The summed E-state index contributed by atoms with van der Waals surface area (Å²) in [5.74, 6) is 3.41. The van der Waals surface area contributed by atoms with Crippen molar-refractivity contribution in [1.82, 2.24) is 0 Å². The molecule has 2 aliphatic rings. The minimum absolute atomic E-state index is 0.187. The SMILES string of the molecule is COc1ccc2c(c1)SC(C)(C)C1=C2SCCS1. The molecule has 0 bridgehead atoms. The van der Waals surface area contributed by atoms with E-state index in [9.17, 15) is 0 Å². The van der Waals surface area contributed by atoms with E-state index in [4.69, 9.17) is 4.74 Å². The van der Waals surface area contributed by atoms with Gasteiger partial charge in [0.05, 0.1) is 7.11 Å². The number of fused-ring (bicyclic) bond motifs is 2. The molecular formula is C14H16OS3. The predicted molar refractivity (Wildman–Crippen MR) is 84.8 cm³/mol. The van der Waals surface area contributed by atoms with Crippen LogP contribution in [0, 0.1) is 0 Å². The van der Waals surface area contributed by atoms with Crippen LogP contribution in [0.15, 0.2) is 28.0 Å². The van der Waals surface area contributed by atoms with Crippen LogP contribution in [-0.2, 0) is 0 Å². The smallest absolute Gasteiger partial charge is 0.120 e. The topological polar surface area (TPSA) is 9.23 Å². The zero-order valence-corrected chi connectivity index (χ0v) is 13.2. The maximum Gasteiger partial charge on any atom is 0.120 e. The van der Waals surface area contributed by atoms with Gasteiger partial charge in [-0.05, 0) is 32.0 Å². The molecule has 1 aromatic carbocycles. The van der Waals surface area contributed by atoms with Crippen LogP contribution in [0.25, 0.3) is 4.91 Å². The molecule has 2 heterocycles. The summed E-state index contributed by atoms with van der Waals surface area (Å²) in [5, 5.41) is 0. The molecule has 0 fully saturated rings. The Morgan fingerprint density at radius 2 is 1.94 bits per heavy atom. The van der Waals surface area contributed by atoms with E-state index in [-0.39, 0.29) is 4.75 Å². The second kappa shape index (κ2) is 4.73. The number of thioether (sulfide) groups is 3. The molecule has 0 unspecified atom stereocenters. The second-order valence-electron chi connectivity index (χ2n) is 4.83. The molecule has 96 valence electrons. The standard InChI is InChI=1S/C14H16OS3/c1-14(2)13-12(16-6-7-17-13)10-5-4-9(15-3)8-11(10)18-14/h4-5,8H,6-7H2,1-3H3. The number of methoxy groups -OCH3 is 1. The molecule has 0 aromatic heterocycles. The Morgan fingerprint density at radius 3 is 2.72 bits per heavy atom. The van der Waals surface area contributed by atoms with Crippen LogP contribution < -0.4 is 4.74 Å². The van der Waals surface area contributed by atoms with E-state index in [0.717, 1.165) is 5.75 Å². The Labute approximate surface area is 121 Å². The number of benzene rings is 1. The number of hydrogen-bond acceptors (Lipinski definition) is 4. The molecular weight excluding hydrogens is 280 g/mol. The highest BCUT2D eigenvalue weighted by Gasteiger charge is 2.36. The average molecular weight is 296 g/mol. The van der Waals surface area contributed by atoms with Crippen LogP contribution in [0.2, 0.25) is 0 Å². The molecule has 0 spiro atoms. The third-order valence-corrected chi connectivity index (χ3v) is 7.45. The summed E-state index contributed by atoms with van der Waals surface area (Å²) >= 11 is 6.00. The summed E-state index contributed by atoms with van der Waals surface area (Å²) in [7, 11) is 1.73. The molecule has 18 heavy (non-hydrogen) atoms.